The summed E-state index contributed by atoms with van der Waals surface area (Å²) in [6, 6.07) is 7.60. The highest BCUT2D eigenvalue weighted by Gasteiger charge is 2.12. The minimum atomic E-state index is -0.183. The number of aryl methyl sites for hydroxylation is 1. The zero-order valence-electron chi connectivity index (χ0n) is 10.7. The van der Waals surface area contributed by atoms with E-state index in [0.29, 0.717) is 17.3 Å². The molecule has 0 fully saturated rings. The molecule has 100 valence electrons. The van der Waals surface area contributed by atoms with Gasteiger partial charge in [-0.2, -0.15) is 0 Å². The second kappa shape index (κ2) is 6.22. The molecule has 1 heterocycles. The topological polar surface area (TPSA) is 35.0 Å². The SMILES string of the molecule is COc1cc(CC(Cl)c2cc(C)cc(Cl)c2)ncn1. The summed E-state index contributed by atoms with van der Waals surface area (Å²) in [4.78, 5) is 8.16. The van der Waals surface area contributed by atoms with E-state index < -0.39 is 0 Å². The highest BCUT2D eigenvalue weighted by Crippen LogP contribution is 2.28. The summed E-state index contributed by atoms with van der Waals surface area (Å²) in [5, 5.41) is 0.512. The minimum Gasteiger partial charge on any atom is -0.481 e. The fourth-order valence-corrected chi connectivity index (χ4v) is 2.43. The number of aromatic nitrogens is 2. The van der Waals surface area contributed by atoms with Gasteiger partial charge in [0.15, 0.2) is 0 Å². The Balaban J connectivity index is 2.17. The quantitative estimate of drug-likeness (QED) is 0.801. The summed E-state index contributed by atoms with van der Waals surface area (Å²) in [6.45, 7) is 1.99. The second-order valence-corrected chi connectivity index (χ2v) is 5.25. The van der Waals surface area contributed by atoms with E-state index in [1.807, 2.05) is 25.1 Å². The molecule has 0 amide bonds. The van der Waals surface area contributed by atoms with Crippen LogP contribution >= 0.6 is 23.2 Å². The van der Waals surface area contributed by atoms with Crippen LogP contribution < -0.4 is 4.74 Å². The van der Waals surface area contributed by atoms with Crippen LogP contribution in [0.2, 0.25) is 5.02 Å². The van der Waals surface area contributed by atoms with Gasteiger partial charge in [0, 0.05) is 23.2 Å². The van der Waals surface area contributed by atoms with E-state index in [-0.39, 0.29) is 5.38 Å². The molecule has 0 saturated carbocycles. The number of hydrogen-bond donors (Lipinski definition) is 0. The normalized spacial score (nSPS) is 12.2. The molecule has 2 aromatic rings. The van der Waals surface area contributed by atoms with Crippen molar-refractivity contribution in [3.8, 4) is 5.88 Å². The van der Waals surface area contributed by atoms with Gasteiger partial charge in [0.25, 0.3) is 0 Å². The lowest BCUT2D eigenvalue weighted by molar-refractivity contribution is 0.396. The van der Waals surface area contributed by atoms with Gasteiger partial charge < -0.3 is 4.74 Å². The summed E-state index contributed by atoms with van der Waals surface area (Å²) in [6.07, 6.45) is 2.07. The zero-order chi connectivity index (χ0) is 13.8. The minimum absolute atomic E-state index is 0.183. The summed E-state index contributed by atoms with van der Waals surface area (Å²) >= 11 is 12.5. The van der Waals surface area contributed by atoms with E-state index in [9.17, 15) is 0 Å². The van der Waals surface area contributed by atoms with E-state index in [1.54, 1.807) is 13.2 Å². The summed E-state index contributed by atoms with van der Waals surface area (Å²) in [5.74, 6) is 0.538. The first-order chi connectivity index (χ1) is 9.08. The van der Waals surface area contributed by atoms with Gasteiger partial charge in [0.05, 0.1) is 12.5 Å². The van der Waals surface area contributed by atoms with Crippen molar-refractivity contribution in [3.05, 3.63) is 52.4 Å². The van der Waals surface area contributed by atoms with Crippen LogP contribution in [-0.4, -0.2) is 17.1 Å². The Kier molecular flexibility index (Phi) is 4.61. The Morgan fingerprint density at radius 2 is 2.00 bits per heavy atom. The maximum absolute atomic E-state index is 6.42. The number of hydrogen-bond acceptors (Lipinski definition) is 3. The number of methoxy groups -OCH3 is 1. The van der Waals surface area contributed by atoms with Crippen LogP contribution in [0, 0.1) is 6.92 Å². The molecule has 19 heavy (non-hydrogen) atoms. The van der Waals surface area contributed by atoms with Gasteiger partial charge in [-0.05, 0) is 30.2 Å². The van der Waals surface area contributed by atoms with Crippen LogP contribution in [0.4, 0.5) is 0 Å². The van der Waals surface area contributed by atoms with Crippen molar-refractivity contribution in [2.24, 2.45) is 0 Å². The third-order valence-electron chi connectivity index (χ3n) is 2.72. The number of alkyl halides is 1. The number of rotatable bonds is 4. The highest BCUT2D eigenvalue weighted by molar-refractivity contribution is 6.30. The van der Waals surface area contributed by atoms with Crippen molar-refractivity contribution in [3.63, 3.8) is 0 Å². The molecule has 0 aliphatic rings. The van der Waals surface area contributed by atoms with Crippen LogP contribution in [0.25, 0.3) is 0 Å². The largest absolute Gasteiger partial charge is 0.481 e. The lowest BCUT2D eigenvalue weighted by atomic mass is 10.1. The van der Waals surface area contributed by atoms with Crippen molar-refractivity contribution in [1.82, 2.24) is 9.97 Å². The zero-order valence-corrected chi connectivity index (χ0v) is 12.2. The number of halogens is 2. The van der Waals surface area contributed by atoms with Crippen molar-refractivity contribution < 1.29 is 4.74 Å². The number of benzene rings is 1. The number of nitrogens with zero attached hydrogens (tertiary/aromatic N) is 2. The number of ether oxygens (including phenoxy) is 1. The van der Waals surface area contributed by atoms with E-state index >= 15 is 0 Å². The molecule has 0 bridgehead atoms. The van der Waals surface area contributed by atoms with Crippen molar-refractivity contribution in [2.45, 2.75) is 18.7 Å². The van der Waals surface area contributed by atoms with Crippen molar-refractivity contribution in [2.75, 3.05) is 7.11 Å². The van der Waals surface area contributed by atoms with Crippen LogP contribution in [0.5, 0.6) is 5.88 Å². The summed E-state index contributed by atoms with van der Waals surface area (Å²) < 4.78 is 5.07. The first-order valence-electron chi connectivity index (χ1n) is 5.84. The van der Waals surface area contributed by atoms with Gasteiger partial charge in [-0.1, -0.05) is 17.7 Å². The molecule has 1 atom stereocenters. The van der Waals surface area contributed by atoms with E-state index in [0.717, 1.165) is 16.8 Å². The van der Waals surface area contributed by atoms with E-state index in [2.05, 4.69) is 9.97 Å². The molecule has 0 spiro atoms. The molecule has 0 radical (unpaired) electrons. The van der Waals surface area contributed by atoms with Crippen LogP contribution in [-0.2, 0) is 6.42 Å². The van der Waals surface area contributed by atoms with E-state index in [4.69, 9.17) is 27.9 Å². The maximum atomic E-state index is 6.42. The Morgan fingerprint density at radius 1 is 1.21 bits per heavy atom. The standard InChI is InChI=1S/C14H14Cl2N2O/c1-9-3-10(5-11(15)4-9)13(16)6-12-7-14(19-2)18-8-17-12/h3-5,7-8,13H,6H2,1-2H3. The van der Waals surface area contributed by atoms with E-state index in [1.165, 1.54) is 6.33 Å². The summed E-state index contributed by atoms with van der Waals surface area (Å²) in [5.41, 5.74) is 2.92. The molecular weight excluding hydrogens is 283 g/mol. The van der Waals surface area contributed by atoms with Crippen molar-refractivity contribution in [1.29, 1.82) is 0 Å². The molecule has 0 aliphatic heterocycles. The van der Waals surface area contributed by atoms with Crippen LogP contribution in [0.1, 0.15) is 22.2 Å². The molecule has 0 saturated heterocycles. The molecule has 0 N–H and O–H groups in total. The van der Waals surface area contributed by atoms with Crippen molar-refractivity contribution >= 4 is 23.2 Å². The Bertz CT molecular complexity index is 555. The van der Waals surface area contributed by atoms with Gasteiger partial charge in [0.1, 0.15) is 6.33 Å². The lowest BCUT2D eigenvalue weighted by Gasteiger charge is -2.11. The van der Waals surface area contributed by atoms with Crippen LogP contribution in [0.3, 0.4) is 0 Å². The third kappa shape index (κ3) is 3.82. The lowest BCUT2D eigenvalue weighted by Crippen LogP contribution is -2.00. The van der Waals surface area contributed by atoms with Gasteiger partial charge in [-0.25, -0.2) is 9.97 Å². The average Bonchev–Trinajstić information content (AvgIpc) is 2.37. The first-order valence-corrected chi connectivity index (χ1v) is 6.66. The fraction of sp³-hybridized carbons (Fsp3) is 0.286. The Morgan fingerprint density at radius 3 is 2.68 bits per heavy atom. The predicted molar refractivity (Wildman–Crippen MR) is 77.1 cm³/mol. The molecule has 5 heteroatoms. The Hall–Kier alpha value is -1.32. The predicted octanol–water partition coefficient (Wildman–Crippen LogP) is 3.97. The monoisotopic (exact) mass is 296 g/mol. The fourth-order valence-electron chi connectivity index (χ4n) is 1.85. The van der Waals surface area contributed by atoms with Gasteiger partial charge >= 0.3 is 0 Å². The summed E-state index contributed by atoms with van der Waals surface area (Å²) in [7, 11) is 1.57. The third-order valence-corrected chi connectivity index (χ3v) is 3.35. The van der Waals surface area contributed by atoms with Gasteiger partial charge in [-0.3, -0.25) is 0 Å². The second-order valence-electron chi connectivity index (χ2n) is 4.29. The molecule has 1 aromatic heterocycles. The maximum Gasteiger partial charge on any atom is 0.216 e. The highest BCUT2D eigenvalue weighted by atomic mass is 35.5. The smallest absolute Gasteiger partial charge is 0.216 e. The Labute approximate surface area is 122 Å². The molecule has 2 rings (SSSR count). The molecule has 3 nitrogen and oxygen atoms in total. The first kappa shape index (κ1) is 14.1. The van der Waals surface area contributed by atoms with Gasteiger partial charge in [0.2, 0.25) is 5.88 Å². The molecule has 1 aromatic carbocycles. The molecule has 0 aliphatic carbocycles. The average molecular weight is 297 g/mol. The van der Waals surface area contributed by atoms with Gasteiger partial charge in [-0.15, -0.1) is 11.6 Å². The van der Waals surface area contributed by atoms with Crippen LogP contribution in [0.15, 0.2) is 30.6 Å². The molecular formula is C14H14Cl2N2O. The molecule has 1 unspecified atom stereocenters.